The van der Waals surface area contributed by atoms with E-state index in [-0.39, 0.29) is 0 Å². The molecule has 1 heterocycles. The van der Waals surface area contributed by atoms with Crippen molar-refractivity contribution in [2.45, 2.75) is 13.5 Å². The number of aryl methyl sites for hydroxylation is 1. The Balaban J connectivity index is 2.83. The van der Waals surface area contributed by atoms with Crippen LogP contribution in [-0.2, 0) is 6.54 Å². The van der Waals surface area contributed by atoms with Gasteiger partial charge in [0.05, 0.1) is 5.52 Å². The molecule has 0 spiro atoms. The SMILES string of the molecule is C=Cc1cccc2ccn(CC)c12. The standard InChI is InChI=1S/C12H13N/c1-3-10-6-5-7-11-8-9-13(4-2)12(10)11/h3,5-9H,1,4H2,2H3. The third kappa shape index (κ3) is 1.17. The number of hydrogen-bond acceptors (Lipinski definition) is 0. The van der Waals surface area contributed by atoms with Crippen LogP contribution < -0.4 is 0 Å². The van der Waals surface area contributed by atoms with Gasteiger partial charge in [-0.15, -0.1) is 0 Å². The first-order valence-corrected chi connectivity index (χ1v) is 4.57. The van der Waals surface area contributed by atoms with Gasteiger partial charge in [0, 0.05) is 18.1 Å². The first-order chi connectivity index (χ1) is 6.36. The minimum absolute atomic E-state index is 1.01. The summed E-state index contributed by atoms with van der Waals surface area (Å²) in [5.41, 5.74) is 2.50. The highest BCUT2D eigenvalue weighted by Crippen LogP contribution is 2.20. The molecule has 0 atom stereocenters. The predicted molar refractivity (Wildman–Crippen MR) is 57.7 cm³/mol. The Morgan fingerprint density at radius 1 is 1.38 bits per heavy atom. The molecule has 0 bridgehead atoms. The fourth-order valence-electron chi connectivity index (χ4n) is 1.72. The van der Waals surface area contributed by atoms with E-state index in [0.29, 0.717) is 0 Å². The molecule has 0 aliphatic carbocycles. The van der Waals surface area contributed by atoms with E-state index in [0.717, 1.165) is 6.54 Å². The zero-order valence-corrected chi connectivity index (χ0v) is 7.83. The summed E-state index contributed by atoms with van der Waals surface area (Å²) in [6.45, 7) is 6.98. The Hall–Kier alpha value is -1.50. The van der Waals surface area contributed by atoms with Gasteiger partial charge >= 0.3 is 0 Å². The number of benzene rings is 1. The number of aromatic nitrogens is 1. The summed E-state index contributed by atoms with van der Waals surface area (Å²) in [5, 5.41) is 1.29. The highest BCUT2D eigenvalue weighted by molar-refractivity contribution is 5.88. The minimum atomic E-state index is 1.01. The van der Waals surface area contributed by atoms with Gasteiger partial charge in [0.25, 0.3) is 0 Å². The largest absolute Gasteiger partial charge is 0.347 e. The maximum Gasteiger partial charge on any atom is 0.0553 e. The average molecular weight is 171 g/mol. The summed E-state index contributed by atoms with van der Waals surface area (Å²) in [4.78, 5) is 0. The summed E-state index contributed by atoms with van der Waals surface area (Å²) in [7, 11) is 0. The Morgan fingerprint density at radius 3 is 2.92 bits per heavy atom. The Morgan fingerprint density at radius 2 is 2.23 bits per heavy atom. The number of rotatable bonds is 2. The molecule has 0 radical (unpaired) electrons. The monoisotopic (exact) mass is 171 g/mol. The van der Waals surface area contributed by atoms with E-state index in [9.17, 15) is 0 Å². The number of hydrogen-bond donors (Lipinski definition) is 0. The third-order valence-corrected chi connectivity index (χ3v) is 2.38. The van der Waals surface area contributed by atoms with E-state index in [2.05, 4.69) is 48.5 Å². The fraction of sp³-hybridized carbons (Fsp3) is 0.167. The van der Waals surface area contributed by atoms with Crippen LogP contribution >= 0.6 is 0 Å². The summed E-state index contributed by atoms with van der Waals surface area (Å²) in [5.74, 6) is 0. The van der Waals surface area contributed by atoms with E-state index in [1.165, 1.54) is 16.5 Å². The Bertz CT molecular complexity index is 437. The maximum absolute atomic E-state index is 3.82. The molecule has 1 nitrogen and oxygen atoms in total. The topological polar surface area (TPSA) is 4.93 Å². The Kier molecular flexibility index (Phi) is 1.93. The minimum Gasteiger partial charge on any atom is -0.347 e. The fourth-order valence-corrected chi connectivity index (χ4v) is 1.72. The molecule has 66 valence electrons. The smallest absolute Gasteiger partial charge is 0.0553 e. The molecule has 0 fully saturated rings. The lowest BCUT2D eigenvalue weighted by molar-refractivity contribution is 0.797. The lowest BCUT2D eigenvalue weighted by atomic mass is 10.1. The van der Waals surface area contributed by atoms with Gasteiger partial charge in [0.2, 0.25) is 0 Å². The van der Waals surface area contributed by atoms with Crippen molar-refractivity contribution in [3.05, 3.63) is 42.6 Å². The molecule has 0 amide bonds. The molecule has 0 N–H and O–H groups in total. The van der Waals surface area contributed by atoms with Crippen LogP contribution in [0.4, 0.5) is 0 Å². The van der Waals surface area contributed by atoms with Crippen molar-refractivity contribution in [2.24, 2.45) is 0 Å². The third-order valence-electron chi connectivity index (χ3n) is 2.38. The van der Waals surface area contributed by atoms with Crippen LogP contribution in [0.3, 0.4) is 0 Å². The number of para-hydroxylation sites is 1. The van der Waals surface area contributed by atoms with Gasteiger partial charge < -0.3 is 4.57 Å². The van der Waals surface area contributed by atoms with E-state index < -0.39 is 0 Å². The van der Waals surface area contributed by atoms with Crippen LogP contribution in [0.15, 0.2) is 37.0 Å². The zero-order valence-electron chi connectivity index (χ0n) is 7.83. The first-order valence-electron chi connectivity index (χ1n) is 4.57. The quantitative estimate of drug-likeness (QED) is 0.653. The molecular formula is C12H13N. The molecule has 0 saturated heterocycles. The van der Waals surface area contributed by atoms with Gasteiger partial charge in [-0.2, -0.15) is 0 Å². The summed E-state index contributed by atoms with van der Waals surface area (Å²) in [6.07, 6.45) is 4.03. The van der Waals surface area contributed by atoms with Gasteiger partial charge in [-0.3, -0.25) is 0 Å². The number of nitrogens with zero attached hydrogens (tertiary/aromatic N) is 1. The van der Waals surface area contributed by atoms with Gasteiger partial charge in [-0.25, -0.2) is 0 Å². The molecule has 1 heteroatoms. The molecule has 1 aromatic heterocycles. The second kappa shape index (κ2) is 3.09. The lowest BCUT2D eigenvalue weighted by Gasteiger charge is -2.03. The maximum atomic E-state index is 3.82. The normalized spacial score (nSPS) is 10.5. The summed E-state index contributed by atoms with van der Waals surface area (Å²) < 4.78 is 2.24. The van der Waals surface area contributed by atoms with Crippen LogP contribution in [0.1, 0.15) is 12.5 Å². The van der Waals surface area contributed by atoms with Crippen LogP contribution in [0.2, 0.25) is 0 Å². The van der Waals surface area contributed by atoms with Crippen LogP contribution in [0, 0.1) is 0 Å². The van der Waals surface area contributed by atoms with Crippen molar-refractivity contribution in [3.63, 3.8) is 0 Å². The molecule has 2 rings (SSSR count). The van der Waals surface area contributed by atoms with Gasteiger partial charge in [-0.05, 0) is 18.6 Å². The summed E-state index contributed by atoms with van der Waals surface area (Å²) >= 11 is 0. The second-order valence-corrected chi connectivity index (χ2v) is 3.09. The predicted octanol–water partition coefficient (Wildman–Crippen LogP) is 3.30. The highest BCUT2D eigenvalue weighted by Gasteiger charge is 2.01. The first kappa shape index (κ1) is 8.11. The lowest BCUT2D eigenvalue weighted by Crippen LogP contribution is -1.92. The molecule has 0 aliphatic rings. The number of fused-ring (bicyclic) bond motifs is 1. The summed E-state index contributed by atoms with van der Waals surface area (Å²) in [6, 6.07) is 8.45. The molecule has 13 heavy (non-hydrogen) atoms. The van der Waals surface area contributed by atoms with Crippen molar-refractivity contribution >= 4 is 17.0 Å². The molecule has 0 unspecified atom stereocenters. The van der Waals surface area contributed by atoms with Crippen molar-refractivity contribution < 1.29 is 0 Å². The van der Waals surface area contributed by atoms with Crippen molar-refractivity contribution in [3.8, 4) is 0 Å². The van der Waals surface area contributed by atoms with Crippen molar-refractivity contribution in [2.75, 3.05) is 0 Å². The van der Waals surface area contributed by atoms with Crippen LogP contribution in [0.5, 0.6) is 0 Å². The Labute approximate surface area is 78.3 Å². The van der Waals surface area contributed by atoms with Crippen LogP contribution in [0.25, 0.3) is 17.0 Å². The van der Waals surface area contributed by atoms with Crippen LogP contribution in [-0.4, -0.2) is 4.57 Å². The average Bonchev–Trinajstić information content (AvgIpc) is 2.60. The van der Waals surface area contributed by atoms with Crippen molar-refractivity contribution in [1.82, 2.24) is 4.57 Å². The van der Waals surface area contributed by atoms with E-state index in [4.69, 9.17) is 0 Å². The zero-order chi connectivity index (χ0) is 9.26. The molecular weight excluding hydrogens is 158 g/mol. The van der Waals surface area contributed by atoms with Gasteiger partial charge in [0.15, 0.2) is 0 Å². The van der Waals surface area contributed by atoms with E-state index in [1.807, 2.05) is 6.08 Å². The van der Waals surface area contributed by atoms with Gasteiger partial charge in [0.1, 0.15) is 0 Å². The molecule has 0 saturated carbocycles. The van der Waals surface area contributed by atoms with Crippen molar-refractivity contribution in [1.29, 1.82) is 0 Å². The highest BCUT2D eigenvalue weighted by atomic mass is 14.9. The van der Waals surface area contributed by atoms with Gasteiger partial charge in [-0.1, -0.05) is 30.9 Å². The van der Waals surface area contributed by atoms with E-state index >= 15 is 0 Å². The molecule has 1 aromatic carbocycles. The second-order valence-electron chi connectivity index (χ2n) is 3.09. The molecule has 2 aromatic rings. The molecule has 0 aliphatic heterocycles. The van der Waals surface area contributed by atoms with E-state index in [1.54, 1.807) is 0 Å².